The molecule has 2 saturated heterocycles. The van der Waals surface area contributed by atoms with Crippen LogP contribution in [0, 0.1) is 0 Å². The summed E-state index contributed by atoms with van der Waals surface area (Å²) in [5.74, 6) is -0.641. The van der Waals surface area contributed by atoms with Gasteiger partial charge in [0.2, 0.25) is 5.91 Å². The maximum Gasteiger partial charge on any atom is 0.272 e. The van der Waals surface area contributed by atoms with Gasteiger partial charge in [-0.2, -0.15) is 0 Å². The summed E-state index contributed by atoms with van der Waals surface area (Å²) in [5.41, 5.74) is 0.955. The lowest BCUT2D eigenvalue weighted by Crippen LogP contribution is -2.53. The first-order valence-corrected chi connectivity index (χ1v) is 8.53. The summed E-state index contributed by atoms with van der Waals surface area (Å²) >= 11 is 0. The van der Waals surface area contributed by atoms with Gasteiger partial charge in [0.15, 0.2) is 0 Å². The number of likely N-dealkylation sites (tertiary alicyclic amines) is 1. The van der Waals surface area contributed by atoms with Gasteiger partial charge in [-0.1, -0.05) is 60.7 Å². The molecule has 2 heterocycles. The number of nitrogens with zero attached hydrogens (tertiary/aromatic N) is 2. The van der Waals surface area contributed by atoms with E-state index in [1.165, 1.54) is 0 Å². The van der Waals surface area contributed by atoms with Gasteiger partial charge in [0.25, 0.3) is 5.91 Å². The maximum absolute atomic E-state index is 12.9. The van der Waals surface area contributed by atoms with E-state index in [9.17, 15) is 14.8 Å². The Morgan fingerprint density at radius 2 is 1.64 bits per heavy atom. The smallest absolute Gasteiger partial charge is 0.272 e. The molecule has 25 heavy (non-hydrogen) atoms. The molecule has 2 amide bonds. The number of hydroxylamine groups is 2. The van der Waals surface area contributed by atoms with Crippen LogP contribution in [-0.2, 0) is 16.1 Å². The highest BCUT2D eigenvalue weighted by Crippen LogP contribution is 2.48. The molecule has 128 valence electrons. The van der Waals surface area contributed by atoms with Gasteiger partial charge >= 0.3 is 0 Å². The number of rotatable bonds is 3. The number of carbonyl (C=O) groups excluding carboxylic acids is 2. The summed E-state index contributed by atoms with van der Waals surface area (Å²) in [7, 11) is 0. The van der Waals surface area contributed by atoms with E-state index in [0.29, 0.717) is 19.4 Å². The molecule has 2 aromatic rings. The molecule has 4 rings (SSSR count). The molecule has 0 aliphatic carbocycles. The predicted molar refractivity (Wildman–Crippen MR) is 91.6 cm³/mol. The molecule has 0 unspecified atom stereocenters. The first kappa shape index (κ1) is 15.8. The quantitative estimate of drug-likeness (QED) is 0.877. The Labute approximate surface area is 146 Å². The van der Waals surface area contributed by atoms with Crippen molar-refractivity contribution >= 4 is 11.8 Å². The highest BCUT2D eigenvalue weighted by molar-refractivity contribution is 5.97. The van der Waals surface area contributed by atoms with Crippen molar-refractivity contribution in [2.24, 2.45) is 0 Å². The summed E-state index contributed by atoms with van der Waals surface area (Å²) in [4.78, 5) is 27.3. The zero-order valence-electron chi connectivity index (χ0n) is 13.8. The summed E-state index contributed by atoms with van der Waals surface area (Å²) in [6.45, 7) is 0.587. The minimum atomic E-state index is -0.997. The van der Waals surface area contributed by atoms with E-state index in [0.717, 1.165) is 16.2 Å². The number of hydrogen-bond donors (Lipinski definition) is 1. The number of hydrogen-bond acceptors (Lipinski definition) is 3. The van der Waals surface area contributed by atoms with E-state index in [2.05, 4.69) is 0 Å². The van der Waals surface area contributed by atoms with Crippen LogP contribution in [0.5, 0.6) is 0 Å². The summed E-state index contributed by atoms with van der Waals surface area (Å²) < 4.78 is 0. The fourth-order valence-corrected chi connectivity index (χ4v) is 4.22. The van der Waals surface area contributed by atoms with Crippen LogP contribution in [0.25, 0.3) is 0 Å². The van der Waals surface area contributed by atoms with E-state index < -0.39 is 5.54 Å². The van der Waals surface area contributed by atoms with Crippen LogP contribution < -0.4 is 0 Å². The lowest BCUT2D eigenvalue weighted by Gasteiger charge is -2.37. The van der Waals surface area contributed by atoms with Crippen LogP contribution in [0.2, 0.25) is 0 Å². The van der Waals surface area contributed by atoms with Gasteiger partial charge in [-0.25, -0.2) is 5.06 Å². The third kappa shape index (κ3) is 2.43. The van der Waals surface area contributed by atoms with Crippen LogP contribution in [0.3, 0.4) is 0 Å². The highest BCUT2D eigenvalue weighted by Gasteiger charge is 2.62. The number of carbonyl (C=O) groups is 2. The Kier molecular flexibility index (Phi) is 3.81. The van der Waals surface area contributed by atoms with Gasteiger partial charge in [0.05, 0.1) is 6.54 Å². The fraction of sp³-hybridized carbons (Fsp3) is 0.300. The van der Waals surface area contributed by atoms with Gasteiger partial charge in [-0.05, 0) is 17.5 Å². The normalized spacial score (nSPS) is 26.0. The molecular weight excluding hydrogens is 316 g/mol. The average Bonchev–Trinajstić information content (AvgIpc) is 3.10. The molecule has 0 saturated carbocycles. The molecule has 5 heteroatoms. The first-order chi connectivity index (χ1) is 12.1. The molecular formula is C20H20N2O3. The van der Waals surface area contributed by atoms with Crippen molar-refractivity contribution in [3.8, 4) is 0 Å². The van der Waals surface area contributed by atoms with Crippen LogP contribution in [0.4, 0.5) is 0 Å². The average molecular weight is 336 g/mol. The molecule has 1 spiro atoms. The Balaban J connectivity index is 1.77. The van der Waals surface area contributed by atoms with E-state index in [1.54, 1.807) is 4.90 Å². The Morgan fingerprint density at radius 3 is 2.32 bits per heavy atom. The molecule has 2 fully saturated rings. The molecule has 2 aromatic carbocycles. The summed E-state index contributed by atoms with van der Waals surface area (Å²) in [5, 5.41) is 11.0. The summed E-state index contributed by atoms with van der Waals surface area (Å²) in [6, 6.07) is 19.4. The molecule has 2 atom stereocenters. The summed E-state index contributed by atoms with van der Waals surface area (Å²) in [6.07, 6.45) is 0.768. The Morgan fingerprint density at radius 1 is 1.00 bits per heavy atom. The van der Waals surface area contributed by atoms with Gasteiger partial charge in [-0.3, -0.25) is 14.8 Å². The van der Waals surface area contributed by atoms with Crippen molar-refractivity contribution in [3.05, 3.63) is 71.8 Å². The molecule has 5 nitrogen and oxygen atoms in total. The minimum Gasteiger partial charge on any atom is -0.323 e. The maximum atomic E-state index is 12.9. The van der Waals surface area contributed by atoms with E-state index >= 15 is 0 Å². The van der Waals surface area contributed by atoms with Crippen LogP contribution >= 0.6 is 0 Å². The Bertz CT molecular complexity index is 793. The van der Waals surface area contributed by atoms with Gasteiger partial charge < -0.3 is 4.90 Å². The SMILES string of the molecule is O=C1CC[C@]2(C(=O)N(O)C[C@H]2c2ccccc2)N1Cc1ccccc1. The topological polar surface area (TPSA) is 60.9 Å². The molecule has 1 N–H and O–H groups in total. The molecule has 2 aliphatic heterocycles. The van der Waals surface area contributed by atoms with Gasteiger partial charge in [0, 0.05) is 18.9 Å². The first-order valence-electron chi connectivity index (χ1n) is 8.53. The van der Waals surface area contributed by atoms with Crippen molar-refractivity contribution in [3.63, 3.8) is 0 Å². The third-order valence-corrected chi connectivity index (χ3v) is 5.42. The van der Waals surface area contributed by atoms with Crippen LogP contribution in [0.15, 0.2) is 60.7 Å². The van der Waals surface area contributed by atoms with Crippen LogP contribution in [0.1, 0.15) is 29.9 Å². The molecule has 0 aromatic heterocycles. The number of benzene rings is 2. The molecule has 0 radical (unpaired) electrons. The van der Waals surface area contributed by atoms with Crippen molar-refractivity contribution in [2.75, 3.05) is 6.54 Å². The lowest BCUT2D eigenvalue weighted by atomic mass is 9.79. The molecule has 0 bridgehead atoms. The minimum absolute atomic E-state index is 0.0339. The van der Waals surface area contributed by atoms with Crippen molar-refractivity contribution < 1.29 is 14.8 Å². The zero-order valence-corrected chi connectivity index (χ0v) is 13.8. The zero-order chi connectivity index (χ0) is 17.4. The van der Waals surface area contributed by atoms with Crippen molar-refractivity contribution in [1.82, 2.24) is 9.96 Å². The number of amides is 2. The standard InChI is InChI=1S/C20H20N2O3/c23-18-11-12-20(21(18)13-15-7-3-1-4-8-15)17(14-22(25)19(20)24)16-9-5-2-6-10-16/h1-10,17,25H,11-14H2/t17-,20-/m0/s1. The molecule has 2 aliphatic rings. The van der Waals surface area contributed by atoms with E-state index in [-0.39, 0.29) is 24.3 Å². The fourth-order valence-electron chi connectivity index (χ4n) is 4.22. The predicted octanol–water partition coefficient (Wildman–Crippen LogP) is 2.56. The third-order valence-electron chi connectivity index (χ3n) is 5.42. The highest BCUT2D eigenvalue weighted by atomic mass is 16.5. The second-order valence-corrected chi connectivity index (χ2v) is 6.74. The lowest BCUT2D eigenvalue weighted by molar-refractivity contribution is -0.166. The van der Waals surface area contributed by atoms with E-state index in [1.807, 2.05) is 60.7 Å². The van der Waals surface area contributed by atoms with Gasteiger partial charge in [-0.15, -0.1) is 0 Å². The second-order valence-electron chi connectivity index (χ2n) is 6.74. The Hall–Kier alpha value is -2.66. The van der Waals surface area contributed by atoms with Crippen molar-refractivity contribution in [1.29, 1.82) is 0 Å². The van der Waals surface area contributed by atoms with Crippen LogP contribution in [-0.4, -0.2) is 39.1 Å². The largest absolute Gasteiger partial charge is 0.323 e. The monoisotopic (exact) mass is 336 g/mol. The van der Waals surface area contributed by atoms with Gasteiger partial charge in [0.1, 0.15) is 5.54 Å². The second kappa shape index (κ2) is 6.01. The van der Waals surface area contributed by atoms with E-state index in [4.69, 9.17) is 0 Å². The van der Waals surface area contributed by atoms with Crippen molar-refractivity contribution in [2.45, 2.75) is 30.8 Å².